The smallest absolute Gasteiger partial charge is 0.134 e. The van der Waals surface area contributed by atoms with E-state index in [0.29, 0.717) is 6.61 Å². The molecule has 1 aromatic heterocycles. The predicted molar refractivity (Wildman–Crippen MR) is 86.9 cm³/mol. The minimum atomic E-state index is 0.500. The van der Waals surface area contributed by atoms with Crippen LogP contribution < -0.4 is 10.1 Å². The Hall–Kier alpha value is -0.780. The fourth-order valence-corrected chi connectivity index (χ4v) is 2.94. The molecule has 1 N–H and O–H groups in total. The lowest BCUT2D eigenvalue weighted by molar-refractivity contribution is 0.299. The van der Waals surface area contributed by atoms with Crippen molar-refractivity contribution >= 4 is 31.9 Å². The van der Waals surface area contributed by atoms with Crippen molar-refractivity contribution in [1.82, 2.24) is 5.32 Å². The largest absolute Gasteiger partial charge is 0.488 e. The topological polar surface area (TPSA) is 34.4 Å². The highest BCUT2D eigenvalue weighted by Crippen LogP contribution is 2.29. The van der Waals surface area contributed by atoms with Gasteiger partial charge in [0, 0.05) is 10.0 Å². The van der Waals surface area contributed by atoms with E-state index in [9.17, 15) is 0 Å². The highest BCUT2D eigenvalue weighted by molar-refractivity contribution is 9.11. The number of nitrogens with one attached hydrogen (secondary N) is 1. The zero-order valence-corrected chi connectivity index (χ0v) is 14.5. The van der Waals surface area contributed by atoms with Crippen molar-refractivity contribution in [3.05, 3.63) is 50.8 Å². The first-order chi connectivity index (χ1) is 9.70. The van der Waals surface area contributed by atoms with Crippen LogP contribution in [0.2, 0.25) is 0 Å². The highest BCUT2D eigenvalue weighted by atomic mass is 79.9. The zero-order valence-electron chi connectivity index (χ0n) is 11.3. The number of halogens is 2. The lowest BCUT2D eigenvalue weighted by atomic mass is 10.2. The van der Waals surface area contributed by atoms with Gasteiger partial charge < -0.3 is 14.5 Å². The number of hydrogen-bond acceptors (Lipinski definition) is 3. The van der Waals surface area contributed by atoms with Crippen LogP contribution in [-0.2, 0) is 13.2 Å². The molecule has 3 nitrogen and oxygen atoms in total. The Morgan fingerprint density at radius 2 is 2.10 bits per heavy atom. The average molecular weight is 403 g/mol. The summed E-state index contributed by atoms with van der Waals surface area (Å²) < 4.78 is 13.3. The van der Waals surface area contributed by atoms with Gasteiger partial charge in [-0.2, -0.15) is 0 Å². The summed E-state index contributed by atoms with van der Waals surface area (Å²) in [5, 5.41) is 3.33. The summed E-state index contributed by atoms with van der Waals surface area (Å²) in [5.74, 6) is 1.76. The molecule has 0 saturated heterocycles. The quantitative estimate of drug-likeness (QED) is 0.670. The van der Waals surface area contributed by atoms with Gasteiger partial charge in [-0.15, -0.1) is 0 Å². The first kappa shape index (κ1) is 15.6. The highest BCUT2D eigenvalue weighted by Gasteiger charge is 2.08. The van der Waals surface area contributed by atoms with E-state index in [1.165, 1.54) is 0 Å². The molecule has 1 aromatic carbocycles. The summed E-state index contributed by atoms with van der Waals surface area (Å²) in [6, 6.07) is 7.81. The molecule has 20 heavy (non-hydrogen) atoms. The second-order valence-corrected chi connectivity index (χ2v) is 6.18. The molecule has 1 heterocycles. The Morgan fingerprint density at radius 3 is 2.85 bits per heavy atom. The second-order valence-electron chi connectivity index (χ2n) is 4.41. The van der Waals surface area contributed by atoms with Crippen LogP contribution in [0.15, 0.2) is 43.9 Å². The molecule has 0 bridgehead atoms. The van der Waals surface area contributed by atoms with Gasteiger partial charge in [-0.3, -0.25) is 0 Å². The van der Waals surface area contributed by atoms with E-state index >= 15 is 0 Å². The van der Waals surface area contributed by atoms with Crippen molar-refractivity contribution < 1.29 is 9.15 Å². The van der Waals surface area contributed by atoms with Gasteiger partial charge in [0.2, 0.25) is 0 Å². The molecule has 5 heteroatoms. The van der Waals surface area contributed by atoms with Crippen LogP contribution >= 0.6 is 31.9 Å². The predicted octanol–water partition coefficient (Wildman–Crippen LogP) is 4.88. The van der Waals surface area contributed by atoms with Crippen molar-refractivity contribution in [3.63, 3.8) is 0 Å². The number of rotatable bonds is 7. The summed E-state index contributed by atoms with van der Waals surface area (Å²) >= 11 is 6.91. The number of ether oxygens (including phenoxy) is 1. The van der Waals surface area contributed by atoms with Crippen LogP contribution in [0.25, 0.3) is 0 Å². The third-order valence-electron chi connectivity index (χ3n) is 2.83. The van der Waals surface area contributed by atoms with E-state index in [0.717, 1.165) is 45.5 Å². The van der Waals surface area contributed by atoms with Gasteiger partial charge in [-0.1, -0.05) is 22.9 Å². The first-order valence-electron chi connectivity index (χ1n) is 6.54. The monoisotopic (exact) mass is 401 g/mol. The van der Waals surface area contributed by atoms with Crippen molar-refractivity contribution in [1.29, 1.82) is 0 Å². The number of benzene rings is 1. The molecule has 0 spiro atoms. The van der Waals surface area contributed by atoms with E-state index in [1.54, 1.807) is 6.26 Å². The van der Waals surface area contributed by atoms with Gasteiger partial charge in [0.1, 0.15) is 18.1 Å². The Kier molecular flexibility index (Phi) is 6.13. The van der Waals surface area contributed by atoms with Crippen LogP contribution in [0.1, 0.15) is 24.7 Å². The van der Waals surface area contributed by atoms with E-state index in [2.05, 4.69) is 44.1 Å². The molecule has 0 saturated carbocycles. The van der Waals surface area contributed by atoms with Crippen molar-refractivity contribution in [2.45, 2.75) is 26.5 Å². The van der Waals surface area contributed by atoms with Crippen LogP contribution in [-0.4, -0.2) is 6.54 Å². The molecule has 0 atom stereocenters. The Morgan fingerprint density at radius 1 is 1.25 bits per heavy atom. The van der Waals surface area contributed by atoms with Crippen molar-refractivity contribution in [2.24, 2.45) is 0 Å². The standard InChI is InChI=1S/C15H17Br2NO2/c1-2-6-18-9-15-11(5-7-19-15)10-20-14-4-3-12(16)8-13(14)17/h3-5,7-8,18H,2,6,9-10H2,1H3. The Balaban J connectivity index is 1.95. The molecular formula is C15H17Br2NO2. The summed E-state index contributed by atoms with van der Waals surface area (Å²) in [4.78, 5) is 0. The van der Waals surface area contributed by atoms with E-state index < -0.39 is 0 Å². The lowest BCUT2D eigenvalue weighted by Crippen LogP contribution is -2.14. The molecule has 0 aliphatic heterocycles. The maximum atomic E-state index is 5.83. The minimum Gasteiger partial charge on any atom is -0.488 e. The van der Waals surface area contributed by atoms with Crippen LogP contribution in [0.3, 0.4) is 0 Å². The second kappa shape index (κ2) is 7.86. The fourth-order valence-electron chi connectivity index (χ4n) is 1.78. The summed E-state index contributed by atoms with van der Waals surface area (Å²) in [5.41, 5.74) is 1.07. The molecule has 0 unspecified atom stereocenters. The van der Waals surface area contributed by atoms with Gasteiger partial charge in [0.05, 0.1) is 17.3 Å². The number of furan rings is 1. The molecule has 0 fully saturated rings. The zero-order chi connectivity index (χ0) is 14.4. The Labute approximate surface area is 136 Å². The van der Waals surface area contributed by atoms with E-state index in [4.69, 9.17) is 9.15 Å². The fraction of sp³-hybridized carbons (Fsp3) is 0.333. The van der Waals surface area contributed by atoms with E-state index in [1.807, 2.05) is 24.3 Å². The summed E-state index contributed by atoms with van der Waals surface area (Å²) in [6.07, 6.45) is 2.82. The van der Waals surface area contributed by atoms with Gasteiger partial charge in [-0.05, 0) is 53.2 Å². The van der Waals surface area contributed by atoms with Crippen LogP contribution in [0, 0.1) is 0 Å². The van der Waals surface area contributed by atoms with E-state index in [-0.39, 0.29) is 0 Å². The van der Waals surface area contributed by atoms with Gasteiger partial charge in [0.25, 0.3) is 0 Å². The summed E-state index contributed by atoms with van der Waals surface area (Å²) in [7, 11) is 0. The SMILES string of the molecule is CCCNCc1occc1COc1ccc(Br)cc1Br. The normalized spacial score (nSPS) is 10.8. The third kappa shape index (κ3) is 4.36. The molecule has 2 aromatic rings. The average Bonchev–Trinajstić information content (AvgIpc) is 2.86. The van der Waals surface area contributed by atoms with Crippen molar-refractivity contribution in [3.8, 4) is 5.75 Å². The van der Waals surface area contributed by atoms with Gasteiger partial charge in [0.15, 0.2) is 0 Å². The van der Waals surface area contributed by atoms with Crippen LogP contribution in [0.4, 0.5) is 0 Å². The minimum absolute atomic E-state index is 0.500. The lowest BCUT2D eigenvalue weighted by Gasteiger charge is -2.09. The molecule has 0 aliphatic carbocycles. The molecule has 2 rings (SSSR count). The molecular weight excluding hydrogens is 386 g/mol. The van der Waals surface area contributed by atoms with Crippen molar-refractivity contribution in [2.75, 3.05) is 6.54 Å². The Bertz CT molecular complexity index is 555. The molecule has 0 amide bonds. The first-order valence-corrected chi connectivity index (χ1v) is 8.13. The maximum absolute atomic E-state index is 5.83. The molecule has 0 radical (unpaired) electrons. The van der Waals surface area contributed by atoms with Gasteiger partial charge >= 0.3 is 0 Å². The number of hydrogen-bond donors (Lipinski definition) is 1. The molecule has 0 aliphatic rings. The van der Waals surface area contributed by atoms with Crippen LogP contribution in [0.5, 0.6) is 5.75 Å². The summed E-state index contributed by atoms with van der Waals surface area (Å²) in [6.45, 7) is 4.37. The maximum Gasteiger partial charge on any atom is 0.134 e. The van der Waals surface area contributed by atoms with Gasteiger partial charge in [-0.25, -0.2) is 0 Å². The third-order valence-corrected chi connectivity index (χ3v) is 3.94. The molecule has 108 valence electrons.